The van der Waals surface area contributed by atoms with Gasteiger partial charge in [0.1, 0.15) is 5.75 Å². The molecule has 2 aromatic carbocycles. The molecule has 0 spiro atoms. The fourth-order valence-electron chi connectivity index (χ4n) is 2.79. The fraction of sp³-hybridized carbons (Fsp3) is 0.294. The highest BCUT2D eigenvalue weighted by Gasteiger charge is 2.25. The van der Waals surface area contributed by atoms with E-state index in [1.165, 1.54) is 22.4 Å². The van der Waals surface area contributed by atoms with Gasteiger partial charge >= 0.3 is 0 Å². The van der Waals surface area contributed by atoms with Gasteiger partial charge in [-0.25, -0.2) is 0 Å². The SMILES string of the molecule is CCOc1ccccc1C1Cc2cccc(C)c2N1. The Hall–Kier alpha value is -1.96. The van der Waals surface area contributed by atoms with Crippen molar-refractivity contribution in [2.75, 3.05) is 11.9 Å². The molecule has 0 radical (unpaired) electrons. The summed E-state index contributed by atoms with van der Waals surface area (Å²) in [5.74, 6) is 0.993. The van der Waals surface area contributed by atoms with E-state index in [4.69, 9.17) is 4.74 Å². The van der Waals surface area contributed by atoms with Crippen LogP contribution < -0.4 is 10.1 Å². The zero-order valence-electron chi connectivity index (χ0n) is 11.4. The Kier molecular flexibility index (Phi) is 3.16. The molecule has 98 valence electrons. The third-order valence-electron chi connectivity index (χ3n) is 3.70. The van der Waals surface area contributed by atoms with E-state index >= 15 is 0 Å². The van der Waals surface area contributed by atoms with Gasteiger partial charge in [0, 0.05) is 11.3 Å². The molecule has 1 heterocycles. The van der Waals surface area contributed by atoms with Crippen LogP contribution in [0.2, 0.25) is 0 Å². The first-order chi connectivity index (χ1) is 9.29. The third-order valence-corrected chi connectivity index (χ3v) is 3.70. The molecule has 0 saturated carbocycles. The second kappa shape index (κ2) is 4.96. The van der Waals surface area contributed by atoms with E-state index < -0.39 is 0 Å². The van der Waals surface area contributed by atoms with Gasteiger partial charge in [0.05, 0.1) is 12.6 Å². The average molecular weight is 253 g/mol. The zero-order valence-corrected chi connectivity index (χ0v) is 11.4. The van der Waals surface area contributed by atoms with Gasteiger partial charge in [0.15, 0.2) is 0 Å². The smallest absolute Gasteiger partial charge is 0.124 e. The van der Waals surface area contributed by atoms with Crippen LogP contribution >= 0.6 is 0 Å². The highest BCUT2D eigenvalue weighted by atomic mass is 16.5. The first-order valence-corrected chi connectivity index (χ1v) is 6.86. The molecule has 0 aliphatic carbocycles. The summed E-state index contributed by atoms with van der Waals surface area (Å²) in [5.41, 5.74) is 5.25. The summed E-state index contributed by atoms with van der Waals surface area (Å²) in [4.78, 5) is 0. The second-order valence-corrected chi connectivity index (χ2v) is 4.98. The maximum Gasteiger partial charge on any atom is 0.124 e. The standard InChI is InChI=1S/C17H19NO/c1-3-19-16-10-5-4-9-14(16)15-11-13-8-6-7-12(2)17(13)18-15/h4-10,15,18H,3,11H2,1-2H3. The van der Waals surface area contributed by atoms with E-state index in [-0.39, 0.29) is 0 Å². The van der Waals surface area contributed by atoms with Crippen molar-refractivity contribution < 1.29 is 4.74 Å². The van der Waals surface area contributed by atoms with Crippen LogP contribution in [0, 0.1) is 6.92 Å². The molecule has 1 aliphatic rings. The van der Waals surface area contributed by atoms with Crippen molar-refractivity contribution in [2.24, 2.45) is 0 Å². The molecule has 2 aromatic rings. The molecule has 0 fully saturated rings. The minimum atomic E-state index is 0.318. The predicted octanol–water partition coefficient (Wildman–Crippen LogP) is 4.10. The minimum Gasteiger partial charge on any atom is -0.494 e. The Balaban J connectivity index is 1.93. The molecule has 1 N–H and O–H groups in total. The van der Waals surface area contributed by atoms with Crippen LogP contribution in [0.5, 0.6) is 5.75 Å². The van der Waals surface area contributed by atoms with E-state index in [9.17, 15) is 0 Å². The van der Waals surface area contributed by atoms with Gasteiger partial charge in [-0.15, -0.1) is 0 Å². The number of fused-ring (bicyclic) bond motifs is 1. The van der Waals surface area contributed by atoms with E-state index in [1.807, 2.05) is 13.0 Å². The Labute approximate surface area is 114 Å². The van der Waals surface area contributed by atoms with Crippen LogP contribution in [0.1, 0.15) is 29.7 Å². The topological polar surface area (TPSA) is 21.3 Å². The van der Waals surface area contributed by atoms with Crippen molar-refractivity contribution in [3.63, 3.8) is 0 Å². The summed E-state index contributed by atoms with van der Waals surface area (Å²) < 4.78 is 5.74. The maximum absolute atomic E-state index is 5.74. The number of para-hydroxylation sites is 2. The minimum absolute atomic E-state index is 0.318. The molecule has 19 heavy (non-hydrogen) atoms. The Bertz CT molecular complexity index is 592. The van der Waals surface area contributed by atoms with E-state index in [1.54, 1.807) is 0 Å². The molecule has 0 bridgehead atoms. The molecular weight excluding hydrogens is 234 g/mol. The highest BCUT2D eigenvalue weighted by Crippen LogP contribution is 2.39. The second-order valence-electron chi connectivity index (χ2n) is 4.98. The predicted molar refractivity (Wildman–Crippen MR) is 78.9 cm³/mol. The first kappa shape index (κ1) is 12.1. The summed E-state index contributed by atoms with van der Waals surface area (Å²) in [6.45, 7) is 4.89. The lowest BCUT2D eigenvalue weighted by molar-refractivity contribution is 0.335. The van der Waals surface area contributed by atoms with Gasteiger partial charge in [0.25, 0.3) is 0 Å². The van der Waals surface area contributed by atoms with Gasteiger partial charge in [-0.1, -0.05) is 36.4 Å². The number of nitrogens with one attached hydrogen (secondary N) is 1. The summed E-state index contributed by atoms with van der Waals surface area (Å²) in [7, 11) is 0. The lowest BCUT2D eigenvalue weighted by Gasteiger charge is -2.16. The van der Waals surface area contributed by atoms with Gasteiger partial charge in [-0.2, -0.15) is 0 Å². The lowest BCUT2D eigenvalue weighted by atomic mass is 10.0. The molecule has 2 heteroatoms. The molecule has 0 amide bonds. The summed E-state index contributed by atoms with van der Waals surface area (Å²) >= 11 is 0. The van der Waals surface area contributed by atoms with Crippen LogP contribution in [0.4, 0.5) is 5.69 Å². The molecule has 3 rings (SSSR count). The number of ether oxygens (including phenoxy) is 1. The van der Waals surface area contributed by atoms with E-state index in [0.29, 0.717) is 12.6 Å². The van der Waals surface area contributed by atoms with Crippen LogP contribution in [-0.2, 0) is 6.42 Å². The largest absolute Gasteiger partial charge is 0.494 e. The fourth-order valence-corrected chi connectivity index (χ4v) is 2.79. The van der Waals surface area contributed by atoms with Crippen molar-refractivity contribution in [1.82, 2.24) is 0 Å². The Morgan fingerprint density at radius 2 is 2.00 bits per heavy atom. The van der Waals surface area contributed by atoms with Crippen molar-refractivity contribution in [3.8, 4) is 5.75 Å². The van der Waals surface area contributed by atoms with Crippen LogP contribution in [0.15, 0.2) is 42.5 Å². The van der Waals surface area contributed by atoms with Crippen molar-refractivity contribution >= 4 is 5.69 Å². The Morgan fingerprint density at radius 3 is 2.79 bits per heavy atom. The highest BCUT2D eigenvalue weighted by molar-refractivity contribution is 5.63. The lowest BCUT2D eigenvalue weighted by Crippen LogP contribution is -2.08. The van der Waals surface area contributed by atoms with Gasteiger partial charge in [0.2, 0.25) is 0 Å². The zero-order chi connectivity index (χ0) is 13.2. The van der Waals surface area contributed by atoms with Crippen LogP contribution in [0.3, 0.4) is 0 Å². The Morgan fingerprint density at radius 1 is 1.16 bits per heavy atom. The average Bonchev–Trinajstić information content (AvgIpc) is 2.85. The van der Waals surface area contributed by atoms with Crippen molar-refractivity contribution in [1.29, 1.82) is 0 Å². The monoisotopic (exact) mass is 253 g/mol. The molecular formula is C17H19NO. The van der Waals surface area contributed by atoms with Gasteiger partial charge in [-0.3, -0.25) is 0 Å². The summed E-state index contributed by atoms with van der Waals surface area (Å²) in [5, 5.41) is 3.64. The van der Waals surface area contributed by atoms with Gasteiger partial charge < -0.3 is 10.1 Å². The first-order valence-electron chi connectivity index (χ1n) is 6.86. The normalized spacial score (nSPS) is 16.8. The number of hydrogen-bond donors (Lipinski definition) is 1. The van der Waals surface area contributed by atoms with Crippen molar-refractivity contribution in [2.45, 2.75) is 26.3 Å². The number of aryl methyl sites for hydroxylation is 1. The third kappa shape index (κ3) is 2.19. The number of hydrogen-bond acceptors (Lipinski definition) is 2. The molecule has 1 unspecified atom stereocenters. The maximum atomic E-state index is 5.74. The molecule has 1 aliphatic heterocycles. The van der Waals surface area contributed by atoms with Gasteiger partial charge in [-0.05, 0) is 37.5 Å². The molecule has 1 atom stereocenters. The number of rotatable bonds is 3. The van der Waals surface area contributed by atoms with E-state index in [0.717, 1.165) is 12.2 Å². The molecule has 0 aromatic heterocycles. The molecule has 2 nitrogen and oxygen atoms in total. The molecule has 0 saturated heterocycles. The van der Waals surface area contributed by atoms with Crippen LogP contribution in [-0.4, -0.2) is 6.61 Å². The van der Waals surface area contributed by atoms with E-state index in [2.05, 4.69) is 48.6 Å². The number of anilines is 1. The summed E-state index contributed by atoms with van der Waals surface area (Å²) in [6.07, 6.45) is 1.03. The van der Waals surface area contributed by atoms with Crippen molar-refractivity contribution in [3.05, 3.63) is 59.2 Å². The quantitative estimate of drug-likeness (QED) is 0.889. The number of benzene rings is 2. The summed E-state index contributed by atoms with van der Waals surface area (Å²) in [6, 6.07) is 15.1. The van der Waals surface area contributed by atoms with Crippen LogP contribution in [0.25, 0.3) is 0 Å².